The minimum atomic E-state index is -0.707. The van der Waals surface area contributed by atoms with Gasteiger partial charge in [-0.15, -0.1) is 0 Å². The maximum atomic E-state index is 4.19. The molecule has 0 spiro atoms. The Balaban J connectivity index is 1.77. The molecule has 3 rings (SSSR count). The van der Waals surface area contributed by atoms with Crippen LogP contribution in [0.3, 0.4) is 0 Å². The van der Waals surface area contributed by atoms with Crippen LogP contribution in [0, 0.1) is 11.8 Å². The Bertz CT molecular complexity index is 719. The van der Waals surface area contributed by atoms with Gasteiger partial charge in [0.25, 0.3) is 0 Å². The number of hydrogen-bond donors (Lipinski definition) is 0. The van der Waals surface area contributed by atoms with Crippen LogP contribution in [-0.4, -0.2) is 40.2 Å². The van der Waals surface area contributed by atoms with E-state index in [9.17, 15) is 0 Å². The van der Waals surface area contributed by atoms with Crippen LogP contribution in [0.5, 0.6) is 0 Å². The predicted molar refractivity (Wildman–Crippen MR) is 85.2 cm³/mol. The third kappa shape index (κ3) is 2.88. The molecule has 0 saturated carbocycles. The summed E-state index contributed by atoms with van der Waals surface area (Å²) in [7, 11) is 4.09. The van der Waals surface area contributed by atoms with Gasteiger partial charge in [0, 0.05) is 0 Å². The molecule has 0 amide bonds. The van der Waals surface area contributed by atoms with Crippen LogP contribution in [0.1, 0.15) is 11.1 Å². The number of anilines is 1. The first kappa shape index (κ1) is 13.3. The van der Waals surface area contributed by atoms with E-state index >= 15 is 0 Å². The third-order valence-electron chi connectivity index (χ3n) is 3.15. The summed E-state index contributed by atoms with van der Waals surface area (Å²) in [5.74, 6) is 6.61. The number of allylic oxidation sites excluding steroid dienone is 1. The van der Waals surface area contributed by atoms with Crippen LogP contribution in [0.15, 0.2) is 46.3 Å². The Morgan fingerprint density at radius 1 is 1.05 bits per heavy atom. The Hall–Kier alpha value is -1.73. The fourth-order valence-corrected chi connectivity index (χ4v) is 5.11. The van der Waals surface area contributed by atoms with E-state index in [2.05, 4.69) is 58.1 Å². The zero-order valence-corrected chi connectivity index (χ0v) is 14.4. The van der Waals surface area contributed by atoms with Crippen LogP contribution in [-0.2, 0) is 0 Å². The first-order valence-electron chi connectivity index (χ1n) is 6.44. The molecular formula is C17H14N2Sn. The molecule has 0 aliphatic carbocycles. The Labute approximate surface area is 129 Å². The average molecular weight is 365 g/mol. The van der Waals surface area contributed by atoms with E-state index in [1.165, 1.54) is 18.4 Å². The molecule has 2 radical (unpaired) electrons. The van der Waals surface area contributed by atoms with Crippen LogP contribution >= 0.6 is 0 Å². The molecule has 96 valence electrons. The van der Waals surface area contributed by atoms with Gasteiger partial charge < -0.3 is 0 Å². The summed E-state index contributed by atoms with van der Waals surface area (Å²) < 4.78 is 2.76. The topological polar surface area (TPSA) is 16.1 Å². The average Bonchev–Trinajstić information content (AvgIpc) is 2.88. The molecule has 2 heterocycles. The van der Waals surface area contributed by atoms with Crippen LogP contribution in [0.2, 0.25) is 0 Å². The van der Waals surface area contributed by atoms with Crippen molar-refractivity contribution in [3.63, 3.8) is 0 Å². The molecule has 1 aromatic heterocycles. The van der Waals surface area contributed by atoms with Crippen molar-refractivity contribution < 1.29 is 0 Å². The Morgan fingerprint density at radius 2 is 1.85 bits per heavy atom. The minimum absolute atomic E-state index is 0.707. The zero-order valence-electron chi connectivity index (χ0n) is 11.5. The standard InChI is InChI=1S/C17H14N2.Sn/c1-19(2)17-9-7-15(8-10-17)5-3-4-6-16-11-13-18-14-12-16;/h6-11,13-14H,1-2H3;. The van der Waals surface area contributed by atoms with Crippen molar-refractivity contribution in [2.24, 2.45) is 0 Å². The summed E-state index contributed by atoms with van der Waals surface area (Å²) in [5, 5.41) is 0. The summed E-state index contributed by atoms with van der Waals surface area (Å²) in [6.45, 7) is 0. The van der Waals surface area contributed by atoms with Crippen molar-refractivity contribution >= 4 is 36.5 Å². The quantitative estimate of drug-likeness (QED) is 0.567. The van der Waals surface area contributed by atoms with Crippen LogP contribution in [0.4, 0.5) is 5.69 Å². The maximum absolute atomic E-state index is 4.19. The molecule has 0 atom stereocenters. The van der Waals surface area contributed by atoms with E-state index in [1.807, 2.05) is 26.5 Å². The van der Waals surface area contributed by atoms with Gasteiger partial charge in [-0.25, -0.2) is 0 Å². The molecule has 3 heteroatoms. The molecule has 2 aromatic rings. The normalized spacial score (nSPS) is 12.2. The van der Waals surface area contributed by atoms with E-state index in [4.69, 9.17) is 0 Å². The Kier molecular flexibility index (Phi) is 3.79. The van der Waals surface area contributed by atoms with Gasteiger partial charge in [-0.1, -0.05) is 0 Å². The van der Waals surface area contributed by atoms with Crippen molar-refractivity contribution in [3.05, 3.63) is 57.4 Å². The number of nitrogens with zero attached hydrogens (tertiary/aromatic N) is 2. The van der Waals surface area contributed by atoms with E-state index in [0.29, 0.717) is 0 Å². The summed E-state index contributed by atoms with van der Waals surface area (Å²) in [6.07, 6.45) is 6.08. The van der Waals surface area contributed by atoms with E-state index < -0.39 is 21.1 Å². The number of rotatable bonds is 1. The van der Waals surface area contributed by atoms with Gasteiger partial charge in [-0.2, -0.15) is 0 Å². The molecule has 20 heavy (non-hydrogen) atoms. The molecule has 0 unspecified atom stereocenters. The van der Waals surface area contributed by atoms with Gasteiger partial charge in [0.15, 0.2) is 0 Å². The predicted octanol–water partition coefficient (Wildman–Crippen LogP) is 1.88. The molecule has 0 N–H and O–H groups in total. The van der Waals surface area contributed by atoms with Gasteiger partial charge >= 0.3 is 130 Å². The SMILES string of the molecule is CN(C)c1ccc(C#C[C]2=Cc3ccnc[c]3[Sn]2)cc1. The van der Waals surface area contributed by atoms with Crippen LogP contribution < -0.4 is 8.48 Å². The van der Waals surface area contributed by atoms with E-state index in [0.717, 1.165) is 5.56 Å². The summed E-state index contributed by atoms with van der Waals surface area (Å²) in [6, 6.07) is 10.4. The number of pyridine rings is 1. The summed E-state index contributed by atoms with van der Waals surface area (Å²) in [5.41, 5.74) is 3.59. The van der Waals surface area contributed by atoms with Crippen molar-refractivity contribution in [2.45, 2.75) is 0 Å². The fraction of sp³-hybridized carbons (Fsp3) is 0.118. The number of hydrogen-bond acceptors (Lipinski definition) is 2. The van der Waals surface area contributed by atoms with Crippen LogP contribution in [0.25, 0.3) is 6.08 Å². The van der Waals surface area contributed by atoms with Gasteiger partial charge in [-0.3, -0.25) is 0 Å². The van der Waals surface area contributed by atoms with Gasteiger partial charge in [0.05, 0.1) is 0 Å². The summed E-state index contributed by atoms with van der Waals surface area (Å²) in [4.78, 5) is 6.28. The third-order valence-corrected chi connectivity index (χ3v) is 6.65. The van der Waals surface area contributed by atoms with Gasteiger partial charge in [0.2, 0.25) is 0 Å². The molecule has 1 aliphatic rings. The van der Waals surface area contributed by atoms with Crippen molar-refractivity contribution in [1.82, 2.24) is 4.98 Å². The molecule has 0 saturated heterocycles. The van der Waals surface area contributed by atoms with E-state index in [-0.39, 0.29) is 0 Å². The zero-order chi connectivity index (χ0) is 13.9. The molecular weight excluding hydrogens is 351 g/mol. The first-order chi connectivity index (χ1) is 9.72. The second-order valence-corrected chi connectivity index (χ2v) is 8.63. The van der Waals surface area contributed by atoms with Crippen molar-refractivity contribution in [2.75, 3.05) is 19.0 Å². The monoisotopic (exact) mass is 366 g/mol. The number of benzene rings is 1. The molecule has 1 aromatic carbocycles. The van der Waals surface area contributed by atoms with Gasteiger partial charge in [-0.05, 0) is 0 Å². The fourth-order valence-electron chi connectivity index (χ4n) is 2.02. The van der Waals surface area contributed by atoms with Crippen molar-refractivity contribution in [3.8, 4) is 11.8 Å². The number of aromatic nitrogens is 1. The van der Waals surface area contributed by atoms with E-state index in [1.54, 1.807) is 0 Å². The Morgan fingerprint density at radius 3 is 2.55 bits per heavy atom. The first-order valence-corrected chi connectivity index (χ1v) is 9.30. The second kappa shape index (κ2) is 5.72. The molecule has 0 fully saturated rings. The number of fused-ring (bicyclic) bond motifs is 1. The molecule has 2 nitrogen and oxygen atoms in total. The van der Waals surface area contributed by atoms with Gasteiger partial charge in [0.1, 0.15) is 0 Å². The van der Waals surface area contributed by atoms with Crippen molar-refractivity contribution in [1.29, 1.82) is 0 Å². The molecule has 0 bridgehead atoms. The summed E-state index contributed by atoms with van der Waals surface area (Å²) >= 11 is -0.707. The molecule has 1 aliphatic heterocycles. The second-order valence-electron chi connectivity index (χ2n) is 4.84.